The van der Waals surface area contributed by atoms with E-state index in [2.05, 4.69) is 5.10 Å². The van der Waals surface area contributed by atoms with Crippen molar-refractivity contribution in [1.82, 2.24) is 14.7 Å². The third-order valence-electron chi connectivity index (χ3n) is 5.01. The molecule has 1 saturated heterocycles. The molecule has 7 nitrogen and oxygen atoms in total. The molecule has 0 aliphatic carbocycles. The van der Waals surface area contributed by atoms with Gasteiger partial charge in [-0.25, -0.2) is 9.48 Å². The zero-order valence-corrected chi connectivity index (χ0v) is 17.3. The molecule has 1 fully saturated rings. The fourth-order valence-corrected chi connectivity index (χ4v) is 3.49. The second-order valence-electron chi connectivity index (χ2n) is 7.06. The third kappa shape index (κ3) is 5.07. The lowest BCUT2D eigenvalue weighted by molar-refractivity contribution is -0.143. The number of nitrogens with zero attached hydrogens (tertiary/aromatic N) is 3. The molecular formula is C21H24F3N3O4. The van der Waals surface area contributed by atoms with E-state index in [4.69, 9.17) is 9.47 Å². The summed E-state index contributed by atoms with van der Waals surface area (Å²) in [6.07, 6.45) is -2.13. The van der Waals surface area contributed by atoms with E-state index in [-0.39, 0.29) is 24.3 Å². The number of benzene rings is 1. The van der Waals surface area contributed by atoms with E-state index in [0.29, 0.717) is 29.9 Å². The molecule has 2 heterocycles. The van der Waals surface area contributed by atoms with Gasteiger partial charge < -0.3 is 14.4 Å². The maximum Gasteiger partial charge on any atom is 0.434 e. The number of carbonyl (C=O) groups excluding carboxylic acids is 2. The molecule has 0 radical (unpaired) electrons. The summed E-state index contributed by atoms with van der Waals surface area (Å²) < 4.78 is 51.8. The van der Waals surface area contributed by atoms with Gasteiger partial charge in [0.15, 0.2) is 5.69 Å². The first-order chi connectivity index (χ1) is 14.8. The van der Waals surface area contributed by atoms with E-state index in [9.17, 15) is 22.8 Å². The molecule has 168 valence electrons. The summed E-state index contributed by atoms with van der Waals surface area (Å²) in [5, 5.41) is 3.73. The minimum Gasteiger partial charge on any atom is -0.462 e. The second-order valence-corrected chi connectivity index (χ2v) is 7.06. The number of ether oxygens (including phenoxy) is 2. The zero-order chi connectivity index (χ0) is 22.6. The summed E-state index contributed by atoms with van der Waals surface area (Å²) in [7, 11) is 0. The molecule has 0 spiro atoms. The summed E-state index contributed by atoms with van der Waals surface area (Å²) in [4.78, 5) is 26.4. The standard InChI is InChI=1S/C21H24F3N3O4/c1-3-26(13-16-6-5-11-31-16)19(28)14-7-9-15(10-8-14)27-18(21(22,23)24)17(12-25-27)20(29)30-4-2/h7-10,12,16H,3-6,11,13H2,1-2H3. The van der Waals surface area contributed by atoms with Gasteiger partial charge in [-0.2, -0.15) is 18.3 Å². The predicted molar refractivity (Wildman–Crippen MR) is 105 cm³/mol. The Hall–Kier alpha value is -2.88. The van der Waals surface area contributed by atoms with Crippen LogP contribution in [0.1, 0.15) is 53.1 Å². The minimum atomic E-state index is -4.83. The minimum absolute atomic E-state index is 0.00267. The van der Waals surface area contributed by atoms with Gasteiger partial charge in [0.05, 0.1) is 24.6 Å². The molecule has 1 amide bonds. The van der Waals surface area contributed by atoms with Crippen LogP contribution in [0.15, 0.2) is 30.5 Å². The number of aromatic nitrogens is 2. The average molecular weight is 439 g/mol. The number of amides is 1. The highest BCUT2D eigenvalue weighted by atomic mass is 19.4. The van der Waals surface area contributed by atoms with Crippen molar-refractivity contribution in [2.24, 2.45) is 0 Å². The van der Waals surface area contributed by atoms with E-state index < -0.39 is 23.4 Å². The van der Waals surface area contributed by atoms with E-state index in [0.717, 1.165) is 19.0 Å². The topological polar surface area (TPSA) is 73.7 Å². The lowest BCUT2D eigenvalue weighted by atomic mass is 10.1. The number of rotatable bonds is 7. The number of hydrogen-bond acceptors (Lipinski definition) is 5. The summed E-state index contributed by atoms with van der Waals surface area (Å²) in [5.41, 5.74) is -1.47. The molecule has 10 heteroatoms. The highest BCUT2D eigenvalue weighted by Crippen LogP contribution is 2.34. The van der Waals surface area contributed by atoms with Crippen LogP contribution in [0.4, 0.5) is 13.2 Å². The van der Waals surface area contributed by atoms with Gasteiger partial charge >= 0.3 is 12.1 Å². The number of halogens is 3. The van der Waals surface area contributed by atoms with Crippen LogP contribution >= 0.6 is 0 Å². The van der Waals surface area contributed by atoms with Gasteiger partial charge in [0.1, 0.15) is 5.56 Å². The van der Waals surface area contributed by atoms with Crippen LogP contribution in [-0.2, 0) is 15.7 Å². The van der Waals surface area contributed by atoms with E-state index in [1.54, 1.807) is 4.90 Å². The van der Waals surface area contributed by atoms with Gasteiger partial charge in [0, 0.05) is 25.3 Å². The Morgan fingerprint density at radius 2 is 1.97 bits per heavy atom. The Kier molecular flexibility index (Phi) is 6.99. The van der Waals surface area contributed by atoms with E-state index >= 15 is 0 Å². The van der Waals surface area contributed by atoms with E-state index in [1.165, 1.54) is 31.2 Å². The van der Waals surface area contributed by atoms with Crippen LogP contribution in [0.3, 0.4) is 0 Å². The molecular weight excluding hydrogens is 415 g/mol. The van der Waals surface area contributed by atoms with Crippen LogP contribution in [0, 0.1) is 0 Å². The van der Waals surface area contributed by atoms with Crippen molar-refractivity contribution in [1.29, 1.82) is 0 Å². The quantitative estimate of drug-likeness (QED) is 0.615. The Labute approximate surface area is 177 Å². The fourth-order valence-electron chi connectivity index (χ4n) is 3.49. The molecule has 1 aromatic carbocycles. The maximum atomic E-state index is 13.6. The molecule has 0 N–H and O–H groups in total. The van der Waals surface area contributed by atoms with Crippen molar-refractivity contribution < 1.29 is 32.2 Å². The maximum absolute atomic E-state index is 13.6. The Morgan fingerprint density at radius 3 is 2.52 bits per heavy atom. The monoisotopic (exact) mass is 439 g/mol. The SMILES string of the molecule is CCOC(=O)c1cnn(-c2ccc(C(=O)N(CC)CC3CCCO3)cc2)c1C(F)(F)F. The van der Waals surface area contributed by atoms with Crippen molar-refractivity contribution in [2.45, 2.75) is 39.0 Å². The number of carbonyl (C=O) groups is 2. The van der Waals surface area contributed by atoms with Gasteiger partial charge in [-0.1, -0.05) is 0 Å². The van der Waals surface area contributed by atoms with Crippen LogP contribution in [0.25, 0.3) is 5.69 Å². The molecule has 2 aromatic rings. The first-order valence-corrected chi connectivity index (χ1v) is 10.1. The van der Waals surface area contributed by atoms with Crippen LogP contribution in [-0.4, -0.2) is 59.0 Å². The fraction of sp³-hybridized carbons (Fsp3) is 0.476. The number of likely N-dealkylation sites (N-methyl/N-ethyl adjacent to an activating group) is 1. The first kappa shape index (κ1) is 22.8. The molecule has 1 atom stereocenters. The molecule has 1 unspecified atom stereocenters. The molecule has 1 aliphatic heterocycles. The number of esters is 1. The molecule has 31 heavy (non-hydrogen) atoms. The third-order valence-corrected chi connectivity index (χ3v) is 5.01. The van der Waals surface area contributed by atoms with Crippen molar-refractivity contribution in [3.05, 3.63) is 47.3 Å². The van der Waals surface area contributed by atoms with Gasteiger partial charge in [-0.15, -0.1) is 0 Å². The molecule has 3 rings (SSSR count). The smallest absolute Gasteiger partial charge is 0.434 e. The Bertz CT molecular complexity index is 919. The molecule has 1 aliphatic rings. The van der Waals surface area contributed by atoms with Crippen LogP contribution in [0.5, 0.6) is 0 Å². The van der Waals surface area contributed by atoms with Crippen molar-refractivity contribution in [3.8, 4) is 5.69 Å². The lowest BCUT2D eigenvalue weighted by Gasteiger charge is -2.24. The van der Waals surface area contributed by atoms with Gasteiger partial charge in [0.25, 0.3) is 5.91 Å². The molecule has 0 saturated carbocycles. The number of hydrogen-bond donors (Lipinski definition) is 0. The largest absolute Gasteiger partial charge is 0.462 e. The number of alkyl halides is 3. The Balaban J connectivity index is 1.85. The zero-order valence-electron chi connectivity index (χ0n) is 17.3. The van der Waals surface area contributed by atoms with E-state index in [1.807, 2.05) is 6.92 Å². The normalized spacial score (nSPS) is 16.4. The lowest BCUT2D eigenvalue weighted by Crippen LogP contribution is -2.37. The van der Waals surface area contributed by atoms with Crippen LogP contribution < -0.4 is 0 Å². The van der Waals surface area contributed by atoms with Gasteiger partial charge in [0.2, 0.25) is 0 Å². The first-order valence-electron chi connectivity index (χ1n) is 10.1. The summed E-state index contributed by atoms with van der Waals surface area (Å²) in [6, 6.07) is 5.62. The van der Waals surface area contributed by atoms with Crippen molar-refractivity contribution in [3.63, 3.8) is 0 Å². The van der Waals surface area contributed by atoms with Gasteiger partial charge in [-0.3, -0.25) is 4.79 Å². The summed E-state index contributed by atoms with van der Waals surface area (Å²) in [5.74, 6) is -1.33. The van der Waals surface area contributed by atoms with Crippen molar-refractivity contribution >= 4 is 11.9 Å². The van der Waals surface area contributed by atoms with Crippen molar-refractivity contribution in [2.75, 3.05) is 26.3 Å². The molecule has 0 bridgehead atoms. The second kappa shape index (κ2) is 9.51. The van der Waals surface area contributed by atoms with Crippen LogP contribution in [0.2, 0.25) is 0 Å². The highest BCUT2D eigenvalue weighted by Gasteiger charge is 2.41. The van der Waals surface area contributed by atoms with Gasteiger partial charge in [-0.05, 0) is 51.0 Å². The summed E-state index contributed by atoms with van der Waals surface area (Å²) >= 11 is 0. The summed E-state index contributed by atoms with van der Waals surface area (Å²) in [6.45, 7) is 4.95. The predicted octanol–water partition coefficient (Wildman–Crippen LogP) is 3.71. The Morgan fingerprint density at radius 1 is 1.26 bits per heavy atom. The highest BCUT2D eigenvalue weighted by molar-refractivity contribution is 5.94. The molecule has 1 aromatic heterocycles. The average Bonchev–Trinajstić information content (AvgIpc) is 3.41.